The van der Waals surface area contributed by atoms with Crippen LogP contribution >= 0.6 is 0 Å². The predicted octanol–water partition coefficient (Wildman–Crippen LogP) is 3.67. The average Bonchev–Trinajstić information content (AvgIpc) is 2.54. The molecule has 0 bridgehead atoms. The average molecular weight is 351 g/mol. The lowest BCUT2D eigenvalue weighted by Crippen LogP contribution is -2.14. The van der Waals surface area contributed by atoms with Crippen molar-refractivity contribution in [3.05, 3.63) is 59.4 Å². The third-order valence-electron chi connectivity index (χ3n) is 3.50. The number of unbranched alkanes of at least 4 members (excludes halogenated alkanes) is 1. The minimum absolute atomic E-state index is 0.309. The molecule has 7 heteroatoms. The van der Waals surface area contributed by atoms with Gasteiger partial charge in [-0.2, -0.15) is 0 Å². The van der Waals surface area contributed by atoms with Gasteiger partial charge in [0.05, 0.1) is 10.5 Å². The van der Waals surface area contributed by atoms with Crippen molar-refractivity contribution in [3.8, 4) is 0 Å². The molecule has 2 aromatic carbocycles. The van der Waals surface area contributed by atoms with E-state index in [4.69, 9.17) is 5.11 Å². The number of benzene rings is 2. The number of rotatable bonds is 7. The molecule has 0 aliphatic carbocycles. The van der Waals surface area contributed by atoms with Gasteiger partial charge >= 0.3 is 5.97 Å². The summed E-state index contributed by atoms with van der Waals surface area (Å²) >= 11 is 0. The van der Waals surface area contributed by atoms with Crippen molar-refractivity contribution >= 4 is 21.7 Å². The number of carbonyl (C=O) groups is 1. The molecular formula is C17H18FNO4S. The van der Waals surface area contributed by atoms with E-state index in [9.17, 15) is 17.6 Å². The Morgan fingerprint density at radius 1 is 1.17 bits per heavy atom. The number of nitrogens with one attached hydrogen (secondary N) is 1. The van der Waals surface area contributed by atoms with Crippen molar-refractivity contribution in [2.24, 2.45) is 0 Å². The van der Waals surface area contributed by atoms with E-state index in [1.807, 2.05) is 12.1 Å². The number of aryl methyl sites for hydroxylation is 1. The number of halogens is 1. The molecule has 0 aliphatic rings. The van der Waals surface area contributed by atoms with Crippen LogP contribution in [-0.2, 0) is 16.4 Å². The first kappa shape index (κ1) is 17.9. The molecule has 2 rings (SSSR count). The van der Waals surface area contributed by atoms with Gasteiger partial charge in [0.1, 0.15) is 5.82 Å². The molecule has 24 heavy (non-hydrogen) atoms. The van der Waals surface area contributed by atoms with E-state index >= 15 is 0 Å². The summed E-state index contributed by atoms with van der Waals surface area (Å²) < 4.78 is 40.4. The summed E-state index contributed by atoms with van der Waals surface area (Å²) in [6, 6.07) is 9.61. The zero-order chi connectivity index (χ0) is 17.7. The van der Waals surface area contributed by atoms with Crippen LogP contribution in [-0.4, -0.2) is 19.5 Å². The SMILES string of the molecule is CCCCc1ccc(NS(=O)(=O)c2ccc(F)c(C(=O)O)c2)cc1. The molecule has 5 nitrogen and oxygen atoms in total. The zero-order valence-corrected chi connectivity index (χ0v) is 13.9. The summed E-state index contributed by atoms with van der Waals surface area (Å²) in [5.74, 6) is -2.51. The van der Waals surface area contributed by atoms with Crippen LogP contribution in [0.25, 0.3) is 0 Å². The molecule has 0 aliphatic heterocycles. The minimum Gasteiger partial charge on any atom is -0.478 e. The number of carboxylic acids is 1. The van der Waals surface area contributed by atoms with Crippen molar-refractivity contribution in [2.45, 2.75) is 31.1 Å². The second kappa shape index (κ2) is 7.44. The number of aromatic carboxylic acids is 1. The molecule has 0 fully saturated rings. The Hall–Kier alpha value is -2.41. The van der Waals surface area contributed by atoms with E-state index in [2.05, 4.69) is 11.6 Å². The van der Waals surface area contributed by atoms with Crippen LogP contribution in [0.5, 0.6) is 0 Å². The van der Waals surface area contributed by atoms with E-state index < -0.39 is 27.4 Å². The zero-order valence-electron chi connectivity index (χ0n) is 13.1. The third kappa shape index (κ3) is 4.32. The molecule has 2 aromatic rings. The number of carboxylic acid groups (broad SMARTS) is 1. The summed E-state index contributed by atoms with van der Waals surface area (Å²) in [4.78, 5) is 10.6. The number of sulfonamides is 1. The summed E-state index contributed by atoms with van der Waals surface area (Å²) in [6.45, 7) is 2.09. The van der Waals surface area contributed by atoms with Crippen molar-refractivity contribution in [2.75, 3.05) is 4.72 Å². The van der Waals surface area contributed by atoms with Crippen LogP contribution < -0.4 is 4.72 Å². The fraction of sp³-hybridized carbons (Fsp3) is 0.235. The highest BCUT2D eigenvalue weighted by Gasteiger charge is 2.19. The lowest BCUT2D eigenvalue weighted by molar-refractivity contribution is 0.0691. The summed E-state index contributed by atoms with van der Waals surface area (Å²) in [5.41, 5.74) is 0.777. The first-order valence-corrected chi connectivity index (χ1v) is 8.96. The van der Waals surface area contributed by atoms with Gasteiger partial charge in [0.25, 0.3) is 10.0 Å². The van der Waals surface area contributed by atoms with Crippen molar-refractivity contribution in [3.63, 3.8) is 0 Å². The Morgan fingerprint density at radius 2 is 1.83 bits per heavy atom. The topological polar surface area (TPSA) is 83.5 Å². The van der Waals surface area contributed by atoms with Gasteiger partial charge in [-0.05, 0) is 48.7 Å². The molecule has 0 amide bonds. The standard InChI is InChI=1S/C17H18FNO4S/c1-2-3-4-12-5-7-13(8-6-12)19-24(22,23)14-9-10-16(18)15(11-14)17(20)21/h5-11,19H,2-4H2,1H3,(H,20,21). The molecule has 0 radical (unpaired) electrons. The van der Waals surface area contributed by atoms with Gasteiger partial charge < -0.3 is 5.11 Å². The number of hydrogen-bond acceptors (Lipinski definition) is 3. The maximum Gasteiger partial charge on any atom is 0.338 e. The Bertz CT molecular complexity index is 832. The van der Waals surface area contributed by atoms with Crippen molar-refractivity contribution in [1.29, 1.82) is 0 Å². The maximum absolute atomic E-state index is 13.4. The highest BCUT2D eigenvalue weighted by Crippen LogP contribution is 2.20. The maximum atomic E-state index is 13.4. The van der Waals surface area contributed by atoms with Crippen LogP contribution in [0.15, 0.2) is 47.4 Å². The number of anilines is 1. The summed E-state index contributed by atoms with van der Waals surface area (Å²) in [5, 5.41) is 8.89. The van der Waals surface area contributed by atoms with E-state index in [0.29, 0.717) is 5.69 Å². The summed E-state index contributed by atoms with van der Waals surface area (Å²) in [7, 11) is -4.00. The van der Waals surface area contributed by atoms with Crippen LogP contribution in [0.3, 0.4) is 0 Å². The molecule has 0 atom stereocenters. The van der Waals surface area contributed by atoms with E-state index in [1.54, 1.807) is 12.1 Å². The Labute approximate surface area is 140 Å². The minimum atomic E-state index is -4.00. The highest BCUT2D eigenvalue weighted by molar-refractivity contribution is 7.92. The molecule has 0 unspecified atom stereocenters. The quantitative estimate of drug-likeness (QED) is 0.797. The Kier molecular flexibility index (Phi) is 5.56. The normalized spacial score (nSPS) is 11.2. The van der Waals surface area contributed by atoms with Gasteiger partial charge in [-0.3, -0.25) is 4.72 Å². The van der Waals surface area contributed by atoms with Gasteiger partial charge in [0.15, 0.2) is 0 Å². The van der Waals surface area contributed by atoms with E-state index in [1.165, 1.54) is 0 Å². The van der Waals surface area contributed by atoms with Crippen LogP contribution in [0.2, 0.25) is 0 Å². The third-order valence-corrected chi connectivity index (χ3v) is 4.88. The molecule has 2 N–H and O–H groups in total. The fourth-order valence-corrected chi connectivity index (χ4v) is 3.25. The van der Waals surface area contributed by atoms with E-state index in [0.717, 1.165) is 43.0 Å². The largest absolute Gasteiger partial charge is 0.478 e. The summed E-state index contributed by atoms with van der Waals surface area (Å²) in [6.07, 6.45) is 3.05. The van der Waals surface area contributed by atoms with Crippen molar-refractivity contribution in [1.82, 2.24) is 0 Å². The highest BCUT2D eigenvalue weighted by atomic mass is 32.2. The first-order valence-electron chi connectivity index (χ1n) is 7.48. The predicted molar refractivity (Wildman–Crippen MR) is 89.2 cm³/mol. The second-order valence-corrected chi connectivity index (χ2v) is 7.04. The Balaban J connectivity index is 2.22. The lowest BCUT2D eigenvalue weighted by Gasteiger charge is -2.10. The monoisotopic (exact) mass is 351 g/mol. The molecule has 128 valence electrons. The smallest absolute Gasteiger partial charge is 0.338 e. The number of hydrogen-bond donors (Lipinski definition) is 2. The fourth-order valence-electron chi connectivity index (χ4n) is 2.17. The van der Waals surface area contributed by atoms with Crippen molar-refractivity contribution < 1.29 is 22.7 Å². The lowest BCUT2D eigenvalue weighted by atomic mass is 10.1. The molecule has 0 heterocycles. The van der Waals surface area contributed by atoms with Crippen LogP contribution in [0, 0.1) is 5.82 Å². The molecular weight excluding hydrogens is 333 g/mol. The molecule has 0 aromatic heterocycles. The second-order valence-electron chi connectivity index (χ2n) is 5.35. The Morgan fingerprint density at radius 3 is 2.42 bits per heavy atom. The van der Waals surface area contributed by atoms with Gasteiger partial charge in [0, 0.05) is 5.69 Å². The van der Waals surface area contributed by atoms with Gasteiger partial charge in [-0.15, -0.1) is 0 Å². The van der Waals surface area contributed by atoms with Crippen LogP contribution in [0.1, 0.15) is 35.7 Å². The first-order chi connectivity index (χ1) is 11.3. The van der Waals surface area contributed by atoms with E-state index in [-0.39, 0.29) is 4.90 Å². The van der Waals surface area contributed by atoms with Gasteiger partial charge in [0.2, 0.25) is 0 Å². The molecule has 0 spiro atoms. The van der Waals surface area contributed by atoms with Gasteiger partial charge in [-0.25, -0.2) is 17.6 Å². The molecule has 0 saturated carbocycles. The van der Waals surface area contributed by atoms with Gasteiger partial charge in [-0.1, -0.05) is 25.5 Å². The molecule has 0 saturated heterocycles. The van der Waals surface area contributed by atoms with Crippen LogP contribution in [0.4, 0.5) is 10.1 Å².